The standard InChI is InChI=1S/C14H13N3O4/c1-8-10(9-2-4-15-5-3-9)6-16-12(13(8)20)14(21)17-7-11(18)19/h2-6,20H,7H2,1H3,(H,17,21)(H,18,19). The van der Waals surface area contributed by atoms with Crippen LogP contribution in [0.15, 0.2) is 30.7 Å². The van der Waals surface area contributed by atoms with Crippen LogP contribution in [0, 0.1) is 6.92 Å². The summed E-state index contributed by atoms with van der Waals surface area (Å²) in [7, 11) is 0. The Balaban J connectivity index is 2.34. The van der Waals surface area contributed by atoms with Crippen LogP contribution in [0.25, 0.3) is 11.1 Å². The molecule has 0 aromatic carbocycles. The average Bonchev–Trinajstić information content (AvgIpc) is 2.48. The number of hydrogen-bond donors (Lipinski definition) is 3. The Labute approximate surface area is 120 Å². The Morgan fingerprint density at radius 3 is 2.57 bits per heavy atom. The number of pyridine rings is 2. The summed E-state index contributed by atoms with van der Waals surface area (Å²) < 4.78 is 0. The Hall–Kier alpha value is -2.96. The van der Waals surface area contributed by atoms with Crippen molar-refractivity contribution in [2.75, 3.05) is 6.54 Å². The summed E-state index contributed by atoms with van der Waals surface area (Å²) in [5.74, 6) is -2.18. The van der Waals surface area contributed by atoms with Crippen LogP contribution >= 0.6 is 0 Å². The zero-order chi connectivity index (χ0) is 15.4. The Morgan fingerprint density at radius 2 is 1.95 bits per heavy atom. The predicted molar refractivity (Wildman–Crippen MR) is 73.8 cm³/mol. The van der Waals surface area contributed by atoms with Gasteiger partial charge in [0.05, 0.1) is 0 Å². The highest BCUT2D eigenvalue weighted by molar-refractivity contribution is 5.97. The molecule has 3 N–H and O–H groups in total. The number of aromatic nitrogens is 2. The second-order valence-corrected chi connectivity index (χ2v) is 4.31. The molecule has 1 amide bonds. The summed E-state index contributed by atoms with van der Waals surface area (Å²) in [6.07, 6.45) is 4.68. The molecule has 2 aromatic heterocycles. The number of carboxylic acid groups (broad SMARTS) is 1. The zero-order valence-corrected chi connectivity index (χ0v) is 11.2. The lowest BCUT2D eigenvalue weighted by atomic mass is 10.0. The first-order valence-corrected chi connectivity index (χ1v) is 6.09. The van der Waals surface area contributed by atoms with E-state index in [1.807, 2.05) is 0 Å². The lowest BCUT2D eigenvalue weighted by molar-refractivity contribution is -0.135. The fourth-order valence-corrected chi connectivity index (χ4v) is 1.82. The third-order valence-electron chi connectivity index (χ3n) is 2.91. The van der Waals surface area contributed by atoms with Crippen LogP contribution in [0.1, 0.15) is 16.1 Å². The van der Waals surface area contributed by atoms with E-state index in [1.165, 1.54) is 6.20 Å². The summed E-state index contributed by atoms with van der Waals surface area (Å²) >= 11 is 0. The summed E-state index contributed by atoms with van der Waals surface area (Å²) in [5.41, 5.74) is 1.76. The van der Waals surface area contributed by atoms with Crippen LogP contribution < -0.4 is 5.32 Å². The fraction of sp³-hybridized carbons (Fsp3) is 0.143. The largest absolute Gasteiger partial charge is 0.505 e. The third kappa shape index (κ3) is 3.14. The number of aliphatic carboxylic acids is 1. The normalized spacial score (nSPS) is 10.1. The van der Waals surface area contributed by atoms with Crippen molar-refractivity contribution in [3.05, 3.63) is 42.0 Å². The van der Waals surface area contributed by atoms with Gasteiger partial charge in [0.15, 0.2) is 5.69 Å². The van der Waals surface area contributed by atoms with Crippen molar-refractivity contribution in [3.8, 4) is 16.9 Å². The van der Waals surface area contributed by atoms with Gasteiger partial charge in [-0.1, -0.05) is 0 Å². The molecule has 2 rings (SSSR count). The molecule has 0 spiro atoms. The Morgan fingerprint density at radius 1 is 1.29 bits per heavy atom. The van der Waals surface area contributed by atoms with E-state index in [-0.39, 0.29) is 11.4 Å². The maximum absolute atomic E-state index is 11.8. The summed E-state index contributed by atoms with van der Waals surface area (Å²) in [6.45, 7) is 1.12. The summed E-state index contributed by atoms with van der Waals surface area (Å²) in [5, 5.41) is 20.8. The molecule has 0 aliphatic carbocycles. The molecule has 21 heavy (non-hydrogen) atoms. The number of carboxylic acids is 1. The van der Waals surface area contributed by atoms with Crippen molar-refractivity contribution < 1.29 is 19.8 Å². The van der Waals surface area contributed by atoms with Crippen LogP contribution in [0.4, 0.5) is 0 Å². The third-order valence-corrected chi connectivity index (χ3v) is 2.91. The van der Waals surface area contributed by atoms with Gasteiger partial charge in [0, 0.05) is 29.7 Å². The number of aromatic hydroxyl groups is 1. The molecular weight excluding hydrogens is 274 g/mol. The van der Waals surface area contributed by atoms with Gasteiger partial charge >= 0.3 is 5.97 Å². The van der Waals surface area contributed by atoms with Gasteiger partial charge in [-0.3, -0.25) is 14.6 Å². The molecule has 0 radical (unpaired) electrons. The highest BCUT2D eigenvalue weighted by Crippen LogP contribution is 2.30. The van der Waals surface area contributed by atoms with Crippen LogP contribution in [-0.4, -0.2) is 38.6 Å². The van der Waals surface area contributed by atoms with Crippen molar-refractivity contribution >= 4 is 11.9 Å². The van der Waals surface area contributed by atoms with Gasteiger partial charge in [0.2, 0.25) is 0 Å². The van der Waals surface area contributed by atoms with Crippen LogP contribution in [0.2, 0.25) is 0 Å². The van der Waals surface area contributed by atoms with Gasteiger partial charge in [-0.25, -0.2) is 4.98 Å². The maximum Gasteiger partial charge on any atom is 0.322 e. The molecule has 0 atom stereocenters. The summed E-state index contributed by atoms with van der Waals surface area (Å²) in [4.78, 5) is 30.0. The van der Waals surface area contributed by atoms with Gasteiger partial charge in [-0.15, -0.1) is 0 Å². The fourth-order valence-electron chi connectivity index (χ4n) is 1.82. The maximum atomic E-state index is 11.8. The monoisotopic (exact) mass is 287 g/mol. The minimum absolute atomic E-state index is 0.202. The number of hydrogen-bond acceptors (Lipinski definition) is 5. The molecule has 0 bridgehead atoms. The topological polar surface area (TPSA) is 112 Å². The van der Waals surface area contributed by atoms with Crippen LogP contribution in [0.3, 0.4) is 0 Å². The lowest BCUT2D eigenvalue weighted by Crippen LogP contribution is -2.30. The van der Waals surface area contributed by atoms with Crippen molar-refractivity contribution in [3.63, 3.8) is 0 Å². The number of nitrogens with one attached hydrogen (secondary N) is 1. The van der Waals surface area contributed by atoms with E-state index in [2.05, 4.69) is 15.3 Å². The first-order chi connectivity index (χ1) is 10.0. The average molecular weight is 287 g/mol. The first-order valence-electron chi connectivity index (χ1n) is 6.09. The van der Waals surface area contributed by atoms with Gasteiger partial charge in [-0.2, -0.15) is 0 Å². The highest BCUT2D eigenvalue weighted by atomic mass is 16.4. The minimum Gasteiger partial charge on any atom is -0.505 e. The van der Waals surface area contributed by atoms with Crippen molar-refractivity contribution in [1.29, 1.82) is 0 Å². The first kappa shape index (κ1) is 14.4. The van der Waals surface area contributed by atoms with E-state index in [9.17, 15) is 14.7 Å². The van der Waals surface area contributed by atoms with Crippen LogP contribution in [0.5, 0.6) is 5.75 Å². The van der Waals surface area contributed by atoms with Crippen molar-refractivity contribution in [2.45, 2.75) is 6.92 Å². The molecule has 7 heteroatoms. The summed E-state index contributed by atoms with van der Waals surface area (Å²) in [6, 6.07) is 3.52. The molecule has 0 saturated carbocycles. The molecule has 2 heterocycles. The predicted octanol–water partition coefficient (Wildman–Crippen LogP) is 0.972. The number of nitrogens with zero attached hydrogens (tertiary/aromatic N) is 2. The van der Waals surface area contributed by atoms with E-state index >= 15 is 0 Å². The second-order valence-electron chi connectivity index (χ2n) is 4.31. The van der Waals surface area contributed by atoms with Gasteiger partial charge in [-0.05, 0) is 24.6 Å². The van der Waals surface area contributed by atoms with Gasteiger partial charge in [0.25, 0.3) is 5.91 Å². The van der Waals surface area contributed by atoms with E-state index in [1.54, 1.807) is 31.5 Å². The number of rotatable bonds is 4. The molecule has 0 aliphatic rings. The molecular formula is C14H13N3O4. The second kappa shape index (κ2) is 6.00. The SMILES string of the molecule is Cc1c(-c2ccncc2)cnc(C(=O)NCC(=O)O)c1O. The van der Waals surface area contributed by atoms with Gasteiger partial charge < -0.3 is 15.5 Å². The number of amides is 1. The van der Waals surface area contributed by atoms with E-state index < -0.39 is 18.4 Å². The van der Waals surface area contributed by atoms with Crippen molar-refractivity contribution in [1.82, 2.24) is 15.3 Å². The minimum atomic E-state index is -1.17. The molecule has 2 aromatic rings. The van der Waals surface area contributed by atoms with E-state index in [0.717, 1.165) is 5.56 Å². The van der Waals surface area contributed by atoms with E-state index in [4.69, 9.17) is 5.11 Å². The van der Waals surface area contributed by atoms with Crippen molar-refractivity contribution in [2.24, 2.45) is 0 Å². The van der Waals surface area contributed by atoms with Crippen LogP contribution in [-0.2, 0) is 4.79 Å². The quantitative estimate of drug-likeness (QED) is 0.772. The molecule has 108 valence electrons. The molecule has 0 unspecified atom stereocenters. The Bertz CT molecular complexity index is 686. The molecule has 0 aliphatic heterocycles. The number of carbonyl (C=O) groups is 2. The smallest absolute Gasteiger partial charge is 0.322 e. The number of carbonyl (C=O) groups excluding carboxylic acids is 1. The molecule has 0 saturated heterocycles. The van der Waals surface area contributed by atoms with Gasteiger partial charge in [0.1, 0.15) is 12.3 Å². The lowest BCUT2D eigenvalue weighted by Gasteiger charge is -2.10. The molecule has 0 fully saturated rings. The zero-order valence-electron chi connectivity index (χ0n) is 11.2. The molecule has 7 nitrogen and oxygen atoms in total. The Kier molecular flexibility index (Phi) is 4.13. The highest BCUT2D eigenvalue weighted by Gasteiger charge is 2.18. The van der Waals surface area contributed by atoms with E-state index in [0.29, 0.717) is 11.1 Å².